The van der Waals surface area contributed by atoms with Crippen LogP contribution in [0.4, 0.5) is 5.69 Å². The number of carbonyl (C=O) groups is 3. The molecular weight excluding hydrogens is 464 g/mol. The zero-order valence-corrected chi connectivity index (χ0v) is 20.5. The summed E-state index contributed by atoms with van der Waals surface area (Å²) in [4.78, 5) is 47.3. The van der Waals surface area contributed by atoms with Gasteiger partial charge in [0.2, 0.25) is 5.89 Å². The van der Waals surface area contributed by atoms with Gasteiger partial charge in [-0.3, -0.25) is 19.3 Å². The minimum atomic E-state index is -1.16. The van der Waals surface area contributed by atoms with Crippen molar-refractivity contribution in [2.45, 2.75) is 18.9 Å². The second-order valence-electron chi connectivity index (χ2n) is 10.0. The van der Waals surface area contributed by atoms with Crippen LogP contribution in [0, 0.1) is 17.8 Å². The number of rotatable bonds is 4. The largest absolute Gasteiger partial charge is 0.511 e. The first-order valence-electron chi connectivity index (χ1n) is 11.7. The Morgan fingerprint density at radius 3 is 2.44 bits per heavy atom. The van der Waals surface area contributed by atoms with Crippen molar-refractivity contribution in [3.8, 4) is 11.5 Å². The molecule has 0 fully saturated rings. The molecule has 3 aliphatic rings. The van der Waals surface area contributed by atoms with E-state index in [4.69, 9.17) is 10.2 Å². The summed E-state index contributed by atoms with van der Waals surface area (Å²) in [6.45, 7) is 0. The van der Waals surface area contributed by atoms with E-state index in [1.807, 2.05) is 25.1 Å². The number of nitrogens with zero attached hydrogens (tertiary/aromatic N) is 3. The fourth-order valence-corrected chi connectivity index (χ4v) is 6.22. The number of ketones is 2. The predicted molar refractivity (Wildman–Crippen MR) is 130 cm³/mol. The van der Waals surface area contributed by atoms with E-state index >= 15 is 0 Å². The van der Waals surface area contributed by atoms with Gasteiger partial charge in [0.15, 0.2) is 11.6 Å². The number of aliphatic hydroxyl groups is 2. The van der Waals surface area contributed by atoms with Gasteiger partial charge in [-0.05, 0) is 56.5 Å². The lowest BCUT2D eigenvalue weighted by Gasteiger charge is -2.46. The van der Waals surface area contributed by atoms with Gasteiger partial charge in [-0.25, -0.2) is 4.98 Å². The number of hydrogen-bond acceptors (Lipinski definition) is 9. The molecule has 10 nitrogen and oxygen atoms in total. The summed E-state index contributed by atoms with van der Waals surface area (Å²) in [6, 6.07) is 2.95. The quantitative estimate of drug-likeness (QED) is 0.545. The zero-order chi connectivity index (χ0) is 26.0. The highest BCUT2D eigenvalue weighted by atomic mass is 16.3. The Bertz CT molecular complexity index is 1350. The van der Waals surface area contributed by atoms with Crippen LogP contribution in [0.3, 0.4) is 0 Å². The number of primary amides is 1. The Labute approximate surface area is 207 Å². The molecule has 3 aliphatic carbocycles. The van der Waals surface area contributed by atoms with Crippen LogP contribution in [0.2, 0.25) is 0 Å². The average molecular weight is 493 g/mol. The molecule has 4 N–H and O–H groups in total. The van der Waals surface area contributed by atoms with Crippen LogP contribution in [-0.2, 0) is 16.0 Å². The maximum atomic E-state index is 14.0. The Morgan fingerprint density at radius 1 is 1.14 bits per heavy atom. The normalized spacial score (nSPS) is 25.6. The van der Waals surface area contributed by atoms with Gasteiger partial charge in [-0.2, -0.15) is 0 Å². The molecule has 0 saturated heterocycles. The van der Waals surface area contributed by atoms with Crippen LogP contribution in [-0.4, -0.2) is 71.8 Å². The highest BCUT2D eigenvalue weighted by Gasteiger charge is 2.54. The molecule has 0 spiro atoms. The number of Topliss-reactive ketones (excluding diaryl/α,β-unsaturated/α-hetero) is 2. The van der Waals surface area contributed by atoms with Crippen molar-refractivity contribution >= 4 is 23.2 Å². The lowest BCUT2D eigenvalue weighted by molar-refractivity contribution is -0.127. The molecule has 1 heterocycles. The van der Waals surface area contributed by atoms with E-state index in [9.17, 15) is 24.6 Å². The molecule has 0 radical (unpaired) electrons. The van der Waals surface area contributed by atoms with Crippen molar-refractivity contribution in [2.24, 2.45) is 23.5 Å². The minimum absolute atomic E-state index is 0.156. The first-order chi connectivity index (χ1) is 17.0. The predicted octanol–water partition coefficient (Wildman–Crippen LogP) is 2.02. The summed E-state index contributed by atoms with van der Waals surface area (Å²) in [6.07, 6.45) is 3.71. The minimum Gasteiger partial charge on any atom is -0.511 e. The van der Waals surface area contributed by atoms with E-state index < -0.39 is 46.7 Å². The summed E-state index contributed by atoms with van der Waals surface area (Å²) in [7, 11) is 7.22. The molecule has 2 aromatic rings. The topological polar surface area (TPSA) is 150 Å². The van der Waals surface area contributed by atoms with Crippen LogP contribution in [0.25, 0.3) is 11.5 Å². The van der Waals surface area contributed by atoms with E-state index in [-0.39, 0.29) is 23.1 Å². The van der Waals surface area contributed by atoms with E-state index in [1.54, 1.807) is 25.1 Å². The van der Waals surface area contributed by atoms with Gasteiger partial charge in [0, 0.05) is 36.5 Å². The molecule has 188 valence electrons. The van der Waals surface area contributed by atoms with Crippen molar-refractivity contribution in [3.05, 3.63) is 58.4 Å². The molecule has 10 heteroatoms. The number of carbonyl (C=O) groups excluding carboxylic acids is 3. The van der Waals surface area contributed by atoms with Crippen LogP contribution in [0.15, 0.2) is 51.7 Å². The number of anilines is 1. The summed E-state index contributed by atoms with van der Waals surface area (Å²) < 4.78 is 5.49. The SMILES string of the molecule is CN(C)c1ccc(-c2ncco2)c2c1CC1CC3C(C(=O)C(C(N)=O)=C(O)[C@H]3N(C)C)C(O)=C1C2=O. The van der Waals surface area contributed by atoms with Gasteiger partial charge in [0.05, 0.1) is 18.2 Å². The number of oxazole rings is 1. The van der Waals surface area contributed by atoms with Gasteiger partial charge >= 0.3 is 0 Å². The van der Waals surface area contributed by atoms with Crippen molar-refractivity contribution in [3.63, 3.8) is 0 Å². The monoisotopic (exact) mass is 492 g/mol. The smallest absolute Gasteiger partial charge is 0.255 e. The number of likely N-dealkylation sites (N-methyl/N-ethyl adjacent to an activating group) is 1. The van der Waals surface area contributed by atoms with Gasteiger partial charge in [0.1, 0.15) is 23.4 Å². The van der Waals surface area contributed by atoms with E-state index in [0.717, 1.165) is 11.3 Å². The Morgan fingerprint density at radius 2 is 1.86 bits per heavy atom. The number of allylic oxidation sites excluding steroid dienone is 2. The summed E-state index contributed by atoms with van der Waals surface area (Å²) in [5, 5.41) is 22.3. The van der Waals surface area contributed by atoms with E-state index in [0.29, 0.717) is 24.0 Å². The van der Waals surface area contributed by atoms with Gasteiger partial charge in [-0.1, -0.05) is 0 Å². The van der Waals surface area contributed by atoms with Gasteiger partial charge in [0.25, 0.3) is 5.91 Å². The number of amides is 1. The van der Waals surface area contributed by atoms with E-state index in [1.165, 1.54) is 12.5 Å². The lowest BCUT2D eigenvalue weighted by atomic mass is 9.60. The molecule has 0 saturated carbocycles. The third-order valence-corrected chi connectivity index (χ3v) is 7.59. The van der Waals surface area contributed by atoms with Crippen molar-refractivity contribution in [1.29, 1.82) is 0 Å². The lowest BCUT2D eigenvalue weighted by Crippen LogP contribution is -2.53. The van der Waals surface area contributed by atoms with Crippen LogP contribution >= 0.6 is 0 Å². The molecule has 4 atom stereocenters. The number of hydrogen-bond donors (Lipinski definition) is 3. The number of nitrogens with two attached hydrogens (primary N) is 1. The highest BCUT2D eigenvalue weighted by Crippen LogP contribution is 2.51. The Hall–Kier alpha value is -3.92. The van der Waals surface area contributed by atoms with Crippen LogP contribution in [0.1, 0.15) is 22.3 Å². The second kappa shape index (κ2) is 8.34. The van der Waals surface area contributed by atoms with Crippen molar-refractivity contribution < 1.29 is 29.0 Å². The average Bonchev–Trinajstić information content (AvgIpc) is 3.32. The summed E-state index contributed by atoms with van der Waals surface area (Å²) in [5.41, 5.74) is 7.61. The first kappa shape index (κ1) is 23.8. The van der Waals surface area contributed by atoms with Gasteiger partial charge in [-0.15, -0.1) is 0 Å². The van der Waals surface area contributed by atoms with E-state index in [2.05, 4.69) is 4.98 Å². The third-order valence-electron chi connectivity index (χ3n) is 7.59. The molecule has 1 amide bonds. The number of fused-ring (bicyclic) bond motifs is 3. The standard InChI is InChI=1S/C26H28N4O6/c1-29(2)15-6-5-12(26-28-7-8-36-26)17-13(15)9-11-10-14-18(22(32)16(11)21(17)31)23(33)19(25(27)35)24(34)20(14)30(3)4/h5-8,11,14,18,20,32,34H,9-10H2,1-4H3,(H2,27,35)/t11?,14?,18?,20-/m0/s1. The Balaban J connectivity index is 1.72. The molecule has 0 bridgehead atoms. The molecule has 3 unspecified atom stereocenters. The fraction of sp³-hybridized carbons (Fsp3) is 0.385. The molecule has 0 aliphatic heterocycles. The third kappa shape index (κ3) is 3.28. The van der Waals surface area contributed by atoms with Crippen LogP contribution < -0.4 is 10.6 Å². The number of aromatic nitrogens is 1. The molecule has 36 heavy (non-hydrogen) atoms. The second-order valence-corrected chi connectivity index (χ2v) is 10.0. The molecule has 5 rings (SSSR count). The summed E-state index contributed by atoms with van der Waals surface area (Å²) in [5.74, 6) is -4.79. The highest BCUT2D eigenvalue weighted by molar-refractivity contribution is 6.22. The number of aliphatic hydroxyl groups excluding tert-OH is 2. The van der Waals surface area contributed by atoms with Crippen molar-refractivity contribution in [2.75, 3.05) is 33.1 Å². The molecular formula is C26H28N4O6. The van der Waals surface area contributed by atoms with Gasteiger partial charge < -0.3 is 25.3 Å². The molecule has 1 aromatic heterocycles. The first-order valence-corrected chi connectivity index (χ1v) is 11.7. The fourth-order valence-electron chi connectivity index (χ4n) is 6.22. The maximum absolute atomic E-state index is 14.0. The Kier molecular flexibility index (Phi) is 5.51. The summed E-state index contributed by atoms with van der Waals surface area (Å²) >= 11 is 0. The number of benzene rings is 1. The van der Waals surface area contributed by atoms with Crippen molar-refractivity contribution in [1.82, 2.24) is 9.88 Å². The zero-order valence-electron chi connectivity index (χ0n) is 20.5. The van der Waals surface area contributed by atoms with Crippen LogP contribution in [0.5, 0.6) is 0 Å². The molecule has 1 aromatic carbocycles. The maximum Gasteiger partial charge on any atom is 0.255 e.